The molecule has 0 aromatic rings. The first-order chi connectivity index (χ1) is 5.30. The van der Waals surface area contributed by atoms with Crippen molar-refractivity contribution < 1.29 is 0 Å². The monoisotopic (exact) mass is 146 g/mol. The molecule has 0 fully saturated rings. The minimum absolute atomic E-state index is 0.348. The van der Waals surface area contributed by atoms with Crippen LogP contribution in [0.4, 0.5) is 0 Å². The summed E-state index contributed by atoms with van der Waals surface area (Å²) in [6.07, 6.45) is 12.6. The smallest absolute Gasteiger partial charge is 0.0769 e. The van der Waals surface area contributed by atoms with Crippen molar-refractivity contribution in [3.63, 3.8) is 0 Å². The van der Waals surface area contributed by atoms with Crippen LogP contribution in [0.15, 0.2) is 48.2 Å². The third-order valence-corrected chi connectivity index (χ3v) is 1.29. The second kappa shape index (κ2) is 3.56. The van der Waals surface area contributed by atoms with Crippen molar-refractivity contribution in [2.45, 2.75) is 0 Å². The third kappa shape index (κ3) is 2.26. The van der Waals surface area contributed by atoms with E-state index in [2.05, 4.69) is 0 Å². The van der Waals surface area contributed by atoms with Gasteiger partial charge < -0.3 is 5.73 Å². The number of nitrogens with two attached hydrogens (primary N) is 1. The standard InChI is InChI=1S/C9H10N2/c10-8-6-4-2-1-3-5-7-9(8)11/h1-7,10H,11H2/b2-1-,5-3-,6-4-,9-7?,10-8?. The lowest BCUT2D eigenvalue weighted by Crippen LogP contribution is -2.06. The second-order valence-corrected chi connectivity index (χ2v) is 2.16. The van der Waals surface area contributed by atoms with Gasteiger partial charge in [0.15, 0.2) is 0 Å². The number of hydrogen-bond acceptors (Lipinski definition) is 2. The molecule has 56 valence electrons. The maximum absolute atomic E-state index is 7.38. The van der Waals surface area contributed by atoms with E-state index in [-0.39, 0.29) is 0 Å². The highest BCUT2D eigenvalue weighted by Gasteiger charge is 1.92. The summed E-state index contributed by atoms with van der Waals surface area (Å²) in [6.45, 7) is 0. The first-order valence-electron chi connectivity index (χ1n) is 3.37. The zero-order valence-corrected chi connectivity index (χ0v) is 6.12. The summed E-state index contributed by atoms with van der Waals surface area (Å²) in [5.41, 5.74) is 6.36. The van der Waals surface area contributed by atoms with E-state index in [1.54, 1.807) is 18.2 Å². The Labute approximate surface area is 65.9 Å². The van der Waals surface area contributed by atoms with E-state index in [0.717, 1.165) is 0 Å². The second-order valence-electron chi connectivity index (χ2n) is 2.16. The fraction of sp³-hybridized carbons (Fsp3) is 0. The van der Waals surface area contributed by atoms with E-state index in [9.17, 15) is 0 Å². The lowest BCUT2D eigenvalue weighted by Gasteiger charge is -1.93. The molecule has 0 bridgehead atoms. The number of allylic oxidation sites excluding steroid dienone is 7. The normalized spacial score (nSPS) is 25.8. The highest BCUT2D eigenvalue weighted by Crippen LogP contribution is 1.94. The molecule has 0 aromatic carbocycles. The van der Waals surface area contributed by atoms with Crippen LogP contribution in [-0.2, 0) is 0 Å². The fourth-order valence-electron chi connectivity index (χ4n) is 0.689. The maximum Gasteiger partial charge on any atom is 0.0769 e. The molecule has 0 atom stereocenters. The van der Waals surface area contributed by atoms with Crippen LogP contribution in [0.1, 0.15) is 0 Å². The van der Waals surface area contributed by atoms with E-state index in [4.69, 9.17) is 11.1 Å². The summed E-state index contributed by atoms with van der Waals surface area (Å²) in [5.74, 6) is 0. The van der Waals surface area contributed by atoms with Gasteiger partial charge in [0.2, 0.25) is 0 Å². The minimum Gasteiger partial charge on any atom is -0.397 e. The number of hydrogen-bond donors (Lipinski definition) is 2. The van der Waals surface area contributed by atoms with Crippen LogP contribution in [0.2, 0.25) is 0 Å². The van der Waals surface area contributed by atoms with Crippen molar-refractivity contribution in [1.29, 1.82) is 5.41 Å². The van der Waals surface area contributed by atoms with Crippen LogP contribution in [0, 0.1) is 5.41 Å². The topological polar surface area (TPSA) is 49.9 Å². The molecule has 0 unspecified atom stereocenters. The Bertz CT molecular complexity index is 267. The SMILES string of the molecule is N=C1\C=C/C=C\C=C/C=C1N. The molecule has 1 aliphatic rings. The van der Waals surface area contributed by atoms with Crippen molar-refractivity contribution in [3.8, 4) is 0 Å². The Morgan fingerprint density at radius 1 is 1.00 bits per heavy atom. The van der Waals surface area contributed by atoms with Gasteiger partial charge in [0.05, 0.1) is 11.4 Å². The summed E-state index contributed by atoms with van der Waals surface area (Å²) in [7, 11) is 0. The Balaban J connectivity index is 2.92. The van der Waals surface area contributed by atoms with Gasteiger partial charge in [-0.3, -0.25) is 5.41 Å². The van der Waals surface area contributed by atoms with Crippen LogP contribution in [0.3, 0.4) is 0 Å². The Kier molecular flexibility index (Phi) is 2.44. The predicted molar refractivity (Wildman–Crippen MR) is 47.4 cm³/mol. The molecule has 1 aliphatic carbocycles. The molecule has 3 N–H and O–H groups in total. The number of nitrogens with one attached hydrogen (secondary N) is 1. The Morgan fingerprint density at radius 3 is 2.45 bits per heavy atom. The predicted octanol–water partition coefficient (Wildman–Crippen LogP) is 1.53. The molecule has 2 heteroatoms. The summed E-state index contributed by atoms with van der Waals surface area (Å²) < 4.78 is 0. The summed E-state index contributed by atoms with van der Waals surface area (Å²) >= 11 is 0. The van der Waals surface area contributed by atoms with Crippen LogP contribution in [-0.4, -0.2) is 5.71 Å². The highest BCUT2D eigenvalue weighted by atomic mass is 14.6. The fourth-order valence-corrected chi connectivity index (χ4v) is 0.689. The van der Waals surface area contributed by atoms with Gasteiger partial charge in [-0.05, 0) is 12.2 Å². The number of rotatable bonds is 0. The van der Waals surface area contributed by atoms with Crippen molar-refractivity contribution in [1.82, 2.24) is 0 Å². The largest absolute Gasteiger partial charge is 0.397 e. The van der Waals surface area contributed by atoms with Crippen LogP contribution < -0.4 is 5.73 Å². The van der Waals surface area contributed by atoms with E-state index in [1.807, 2.05) is 24.3 Å². The van der Waals surface area contributed by atoms with Gasteiger partial charge in [0.25, 0.3) is 0 Å². The zero-order chi connectivity index (χ0) is 8.10. The van der Waals surface area contributed by atoms with Gasteiger partial charge in [-0.25, -0.2) is 0 Å². The lowest BCUT2D eigenvalue weighted by atomic mass is 10.2. The van der Waals surface area contributed by atoms with Gasteiger partial charge in [-0.2, -0.15) is 0 Å². The van der Waals surface area contributed by atoms with E-state index in [1.165, 1.54) is 0 Å². The average Bonchev–Trinajstić information content (AvgIpc) is 2.07. The van der Waals surface area contributed by atoms with Crippen molar-refractivity contribution in [3.05, 3.63) is 48.2 Å². The van der Waals surface area contributed by atoms with Gasteiger partial charge in [0.1, 0.15) is 0 Å². The van der Waals surface area contributed by atoms with E-state index < -0.39 is 0 Å². The maximum atomic E-state index is 7.38. The third-order valence-electron chi connectivity index (χ3n) is 1.29. The molecule has 11 heavy (non-hydrogen) atoms. The summed E-state index contributed by atoms with van der Waals surface area (Å²) in [5, 5.41) is 7.38. The molecular weight excluding hydrogens is 136 g/mol. The quantitative estimate of drug-likeness (QED) is 0.535. The average molecular weight is 146 g/mol. The molecule has 0 aromatic heterocycles. The van der Waals surface area contributed by atoms with Crippen molar-refractivity contribution in [2.24, 2.45) is 5.73 Å². The van der Waals surface area contributed by atoms with Gasteiger partial charge >= 0.3 is 0 Å². The summed E-state index contributed by atoms with van der Waals surface area (Å²) in [6, 6.07) is 0. The first kappa shape index (κ1) is 7.54. The first-order valence-corrected chi connectivity index (χ1v) is 3.37. The molecule has 0 amide bonds. The molecular formula is C9H10N2. The van der Waals surface area contributed by atoms with Gasteiger partial charge in [-0.1, -0.05) is 30.4 Å². The molecule has 0 saturated heterocycles. The minimum atomic E-state index is 0.348. The highest BCUT2D eigenvalue weighted by molar-refractivity contribution is 6.05. The van der Waals surface area contributed by atoms with Crippen LogP contribution in [0.25, 0.3) is 0 Å². The van der Waals surface area contributed by atoms with Crippen molar-refractivity contribution >= 4 is 5.71 Å². The van der Waals surface area contributed by atoms with Crippen LogP contribution in [0.5, 0.6) is 0 Å². The molecule has 0 aliphatic heterocycles. The van der Waals surface area contributed by atoms with Crippen molar-refractivity contribution in [2.75, 3.05) is 0 Å². The lowest BCUT2D eigenvalue weighted by molar-refractivity contribution is 1.41. The van der Waals surface area contributed by atoms with Gasteiger partial charge in [-0.15, -0.1) is 0 Å². The zero-order valence-electron chi connectivity index (χ0n) is 6.12. The molecule has 1 rings (SSSR count). The Morgan fingerprint density at radius 2 is 1.64 bits per heavy atom. The molecule has 2 nitrogen and oxygen atoms in total. The van der Waals surface area contributed by atoms with E-state index >= 15 is 0 Å². The summed E-state index contributed by atoms with van der Waals surface area (Å²) in [4.78, 5) is 0. The molecule has 0 spiro atoms. The van der Waals surface area contributed by atoms with Gasteiger partial charge in [0, 0.05) is 0 Å². The van der Waals surface area contributed by atoms with Crippen LogP contribution >= 0.6 is 0 Å². The molecule has 0 heterocycles. The Hall–Kier alpha value is -1.57. The molecule has 0 saturated carbocycles. The van der Waals surface area contributed by atoms with E-state index in [0.29, 0.717) is 11.4 Å². The molecule has 0 radical (unpaired) electrons.